The third-order valence-electron chi connectivity index (χ3n) is 5.74. The Labute approximate surface area is 172 Å². The van der Waals surface area contributed by atoms with Crippen molar-refractivity contribution >= 4 is 17.5 Å². The Morgan fingerprint density at radius 2 is 1.90 bits per heavy atom. The molecule has 7 heteroatoms. The van der Waals surface area contributed by atoms with E-state index in [1.165, 1.54) is 12.8 Å². The van der Waals surface area contributed by atoms with E-state index < -0.39 is 6.10 Å². The molecule has 158 valence electrons. The Morgan fingerprint density at radius 3 is 2.59 bits per heavy atom. The highest BCUT2D eigenvalue weighted by Gasteiger charge is 2.22. The number of carbonyl (C=O) groups is 2. The Morgan fingerprint density at radius 1 is 1.21 bits per heavy atom. The van der Waals surface area contributed by atoms with Gasteiger partial charge in [-0.05, 0) is 52.5 Å². The molecule has 1 amide bonds. The second-order valence-electron chi connectivity index (χ2n) is 8.15. The lowest BCUT2D eigenvalue weighted by Gasteiger charge is -2.19. The maximum absolute atomic E-state index is 12.4. The van der Waals surface area contributed by atoms with Crippen LogP contribution in [0.15, 0.2) is 6.07 Å². The number of carbonyl (C=O) groups excluding carboxylic acids is 2. The van der Waals surface area contributed by atoms with Gasteiger partial charge in [0.05, 0.1) is 5.69 Å². The molecule has 0 spiro atoms. The molecule has 2 aromatic rings. The van der Waals surface area contributed by atoms with Gasteiger partial charge in [0.15, 0.2) is 11.8 Å². The van der Waals surface area contributed by atoms with E-state index >= 15 is 0 Å². The van der Waals surface area contributed by atoms with Crippen molar-refractivity contribution in [3.05, 3.63) is 28.7 Å². The highest BCUT2D eigenvalue weighted by atomic mass is 16.5. The lowest BCUT2D eigenvalue weighted by atomic mass is 10.1. The number of aryl methyl sites for hydroxylation is 3. The van der Waals surface area contributed by atoms with Crippen molar-refractivity contribution in [2.45, 2.75) is 91.2 Å². The largest absolute Gasteiger partial charge is 0.453 e. The minimum absolute atomic E-state index is 0.201. The zero-order valence-electron chi connectivity index (χ0n) is 18.0. The van der Waals surface area contributed by atoms with Crippen molar-refractivity contribution < 1.29 is 14.3 Å². The van der Waals surface area contributed by atoms with E-state index in [9.17, 15) is 9.59 Å². The molecule has 1 N–H and O–H groups in total. The summed E-state index contributed by atoms with van der Waals surface area (Å²) in [5, 5.41) is 7.50. The minimum Gasteiger partial charge on any atom is -0.453 e. The number of aromatic nitrogens is 3. The zero-order chi connectivity index (χ0) is 21.0. The van der Waals surface area contributed by atoms with Crippen molar-refractivity contribution in [3.63, 3.8) is 0 Å². The molecule has 29 heavy (non-hydrogen) atoms. The highest BCUT2D eigenvalue weighted by molar-refractivity contribution is 5.83. The Bertz CT molecular complexity index is 882. The predicted octanol–water partition coefficient (Wildman–Crippen LogP) is 3.36. The molecule has 0 saturated heterocycles. The van der Waals surface area contributed by atoms with Gasteiger partial charge < -0.3 is 10.1 Å². The smallest absolute Gasteiger partial charge is 0.306 e. The van der Waals surface area contributed by atoms with Crippen LogP contribution in [-0.4, -0.2) is 38.6 Å². The SMILES string of the molecule is Cc1cc2nc(C)c(CCC(=O)O[C@H](C)C(=O)NC3CCCCCC3)c(C)n2n1. The zero-order valence-corrected chi connectivity index (χ0v) is 18.0. The van der Waals surface area contributed by atoms with E-state index in [1.54, 1.807) is 6.92 Å². The molecule has 1 atom stereocenters. The topological polar surface area (TPSA) is 85.6 Å². The van der Waals surface area contributed by atoms with Crippen molar-refractivity contribution in [1.82, 2.24) is 19.9 Å². The summed E-state index contributed by atoms with van der Waals surface area (Å²) >= 11 is 0. The van der Waals surface area contributed by atoms with Crippen LogP contribution in [0.4, 0.5) is 0 Å². The van der Waals surface area contributed by atoms with Crippen LogP contribution in [-0.2, 0) is 20.7 Å². The number of hydrogen-bond acceptors (Lipinski definition) is 5. The number of fused-ring (bicyclic) bond motifs is 1. The molecule has 1 saturated carbocycles. The average molecular weight is 401 g/mol. The van der Waals surface area contributed by atoms with Crippen LogP contribution in [0.25, 0.3) is 5.65 Å². The molecule has 0 aliphatic heterocycles. The standard InChI is InChI=1S/C22H32N4O3/c1-14-13-20-23-15(2)19(16(3)26(20)25-14)11-12-21(27)29-17(4)22(28)24-18-9-7-5-6-8-10-18/h13,17-18H,5-12H2,1-4H3,(H,24,28)/t17-/m1/s1. The molecular formula is C22H32N4O3. The minimum atomic E-state index is -0.776. The fraction of sp³-hybridized carbons (Fsp3) is 0.636. The maximum Gasteiger partial charge on any atom is 0.306 e. The van der Waals surface area contributed by atoms with Gasteiger partial charge in [-0.1, -0.05) is 25.7 Å². The molecule has 0 radical (unpaired) electrons. The van der Waals surface area contributed by atoms with Crippen LogP contribution in [0.3, 0.4) is 0 Å². The van der Waals surface area contributed by atoms with E-state index in [-0.39, 0.29) is 24.3 Å². The summed E-state index contributed by atoms with van der Waals surface area (Å²) < 4.78 is 7.20. The van der Waals surface area contributed by atoms with Crippen LogP contribution in [0.5, 0.6) is 0 Å². The van der Waals surface area contributed by atoms with Crippen molar-refractivity contribution in [3.8, 4) is 0 Å². The van der Waals surface area contributed by atoms with Gasteiger partial charge in [-0.15, -0.1) is 0 Å². The van der Waals surface area contributed by atoms with Gasteiger partial charge in [-0.3, -0.25) is 9.59 Å². The molecule has 3 rings (SSSR count). The van der Waals surface area contributed by atoms with E-state index in [0.717, 1.165) is 54.0 Å². The fourth-order valence-electron chi connectivity index (χ4n) is 4.08. The number of amides is 1. The van der Waals surface area contributed by atoms with E-state index in [4.69, 9.17) is 4.74 Å². The lowest BCUT2D eigenvalue weighted by molar-refractivity contribution is -0.155. The maximum atomic E-state index is 12.4. The summed E-state index contributed by atoms with van der Waals surface area (Å²) in [6.45, 7) is 7.50. The molecule has 0 bridgehead atoms. The molecule has 0 unspecified atom stereocenters. The number of nitrogens with zero attached hydrogens (tertiary/aromatic N) is 3. The van der Waals surface area contributed by atoms with Crippen LogP contribution in [0.1, 0.15) is 74.5 Å². The summed E-state index contributed by atoms with van der Waals surface area (Å²) in [6.07, 6.45) is 6.70. The monoisotopic (exact) mass is 400 g/mol. The second kappa shape index (κ2) is 9.37. The van der Waals surface area contributed by atoms with Crippen LogP contribution >= 0.6 is 0 Å². The fourth-order valence-corrected chi connectivity index (χ4v) is 4.08. The van der Waals surface area contributed by atoms with Gasteiger partial charge in [-0.2, -0.15) is 5.10 Å². The van der Waals surface area contributed by atoms with Crippen molar-refractivity contribution in [2.75, 3.05) is 0 Å². The summed E-state index contributed by atoms with van der Waals surface area (Å²) in [4.78, 5) is 29.3. The summed E-state index contributed by atoms with van der Waals surface area (Å²) in [5.74, 6) is -0.572. The molecule has 1 aliphatic carbocycles. The van der Waals surface area contributed by atoms with Crippen LogP contribution in [0.2, 0.25) is 0 Å². The quantitative estimate of drug-likeness (QED) is 0.594. The predicted molar refractivity (Wildman–Crippen MR) is 111 cm³/mol. The number of esters is 1. The van der Waals surface area contributed by atoms with Crippen LogP contribution < -0.4 is 5.32 Å². The van der Waals surface area contributed by atoms with Crippen molar-refractivity contribution in [1.29, 1.82) is 0 Å². The lowest BCUT2D eigenvalue weighted by Crippen LogP contribution is -2.41. The van der Waals surface area contributed by atoms with Crippen molar-refractivity contribution in [2.24, 2.45) is 0 Å². The van der Waals surface area contributed by atoms with Crippen LogP contribution in [0, 0.1) is 20.8 Å². The molecule has 2 heterocycles. The van der Waals surface area contributed by atoms with E-state index in [2.05, 4.69) is 15.4 Å². The third kappa shape index (κ3) is 5.34. The normalized spacial score (nSPS) is 16.4. The van der Waals surface area contributed by atoms with Gasteiger partial charge in [0.25, 0.3) is 5.91 Å². The Balaban J connectivity index is 1.54. The van der Waals surface area contributed by atoms with Gasteiger partial charge in [0.2, 0.25) is 0 Å². The molecule has 0 aromatic carbocycles. The first-order valence-corrected chi connectivity index (χ1v) is 10.7. The molecule has 1 aliphatic rings. The second-order valence-corrected chi connectivity index (χ2v) is 8.15. The third-order valence-corrected chi connectivity index (χ3v) is 5.74. The highest BCUT2D eigenvalue weighted by Crippen LogP contribution is 2.19. The Hall–Kier alpha value is -2.44. The number of rotatable bonds is 6. The van der Waals surface area contributed by atoms with E-state index in [1.807, 2.05) is 31.4 Å². The Kier molecular flexibility index (Phi) is 6.87. The number of nitrogens with one attached hydrogen (secondary N) is 1. The number of ether oxygens (including phenoxy) is 1. The molecule has 1 fully saturated rings. The average Bonchev–Trinajstić information content (AvgIpc) is 2.86. The molecule has 2 aromatic heterocycles. The number of hydrogen-bond donors (Lipinski definition) is 1. The van der Waals surface area contributed by atoms with Gasteiger partial charge in [0.1, 0.15) is 0 Å². The molecular weight excluding hydrogens is 368 g/mol. The first-order chi connectivity index (χ1) is 13.8. The summed E-state index contributed by atoms with van der Waals surface area (Å²) in [5.41, 5.74) is 4.58. The molecule has 7 nitrogen and oxygen atoms in total. The first kappa shape index (κ1) is 21.3. The van der Waals surface area contributed by atoms with Gasteiger partial charge in [0, 0.05) is 29.9 Å². The summed E-state index contributed by atoms with van der Waals surface area (Å²) in [7, 11) is 0. The first-order valence-electron chi connectivity index (χ1n) is 10.7. The summed E-state index contributed by atoms with van der Waals surface area (Å²) in [6, 6.07) is 2.14. The van der Waals surface area contributed by atoms with Gasteiger partial charge >= 0.3 is 5.97 Å². The van der Waals surface area contributed by atoms with Gasteiger partial charge in [-0.25, -0.2) is 9.50 Å². The van der Waals surface area contributed by atoms with E-state index in [0.29, 0.717) is 6.42 Å².